The third kappa shape index (κ3) is 3.19. The summed E-state index contributed by atoms with van der Waals surface area (Å²) >= 11 is 0. The first kappa shape index (κ1) is 15.0. The molecule has 1 amide bonds. The molecule has 0 aliphatic heterocycles. The van der Waals surface area contributed by atoms with Crippen LogP contribution in [0.15, 0.2) is 29.2 Å². The zero-order valence-electron chi connectivity index (χ0n) is 11.4. The van der Waals surface area contributed by atoms with Gasteiger partial charge in [-0.3, -0.25) is 4.79 Å². The van der Waals surface area contributed by atoms with Gasteiger partial charge in [0.05, 0.1) is 17.0 Å². The number of amides is 1. The van der Waals surface area contributed by atoms with Gasteiger partial charge in [0, 0.05) is 11.8 Å². The van der Waals surface area contributed by atoms with E-state index in [0.717, 1.165) is 31.9 Å². The smallest absolute Gasteiger partial charge is 0.251 e. The fraction of sp³-hybridized carbons (Fsp3) is 0.500. The molecule has 0 bridgehead atoms. The van der Waals surface area contributed by atoms with Crippen molar-refractivity contribution in [2.24, 2.45) is 0 Å². The molecule has 0 heterocycles. The number of benzene rings is 1. The predicted molar refractivity (Wildman–Crippen MR) is 75.3 cm³/mol. The van der Waals surface area contributed by atoms with E-state index in [1.807, 2.05) is 0 Å². The van der Waals surface area contributed by atoms with Crippen LogP contribution in [0.4, 0.5) is 0 Å². The molecule has 0 radical (unpaired) electrons. The van der Waals surface area contributed by atoms with Crippen molar-refractivity contribution in [1.82, 2.24) is 5.32 Å². The molecule has 1 saturated carbocycles. The minimum atomic E-state index is -3.34. The fourth-order valence-electron chi connectivity index (χ4n) is 2.56. The Morgan fingerprint density at radius 1 is 1.35 bits per heavy atom. The average molecular weight is 297 g/mol. The predicted octanol–water partition coefficient (Wildman–Crippen LogP) is 1.12. The summed E-state index contributed by atoms with van der Waals surface area (Å²) in [6.45, 7) is -0.0928. The van der Waals surface area contributed by atoms with Crippen LogP contribution in [-0.4, -0.2) is 37.8 Å². The van der Waals surface area contributed by atoms with E-state index in [1.54, 1.807) is 12.1 Å². The molecule has 1 aliphatic carbocycles. The van der Waals surface area contributed by atoms with Crippen LogP contribution in [0.3, 0.4) is 0 Å². The van der Waals surface area contributed by atoms with Crippen molar-refractivity contribution < 1.29 is 18.3 Å². The van der Waals surface area contributed by atoms with E-state index in [4.69, 9.17) is 0 Å². The summed E-state index contributed by atoms with van der Waals surface area (Å²) in [5.74, 6) is -0.341. The van der Waals surface area contributed by atoms with Gasteiger partial charge in [0.2, 0.25) is 0 Å². The number of aliphatic hydroxyl groups excluding tert-OH is 1. The van der Waals surface area contributed by atoms with Gasteiger partial charge < -0.3 is 10.4 Å². The van der Waals surface area contributed by atoms with Gasteiger partial charge in [-0.1, -0.05) is 18.9 Å². The first-order valence-electron chi connectivity index (χ1n) is 6.60. The second kappa shape index (κ2) is 5.54. The maximum atomic E-state index is 12.2. The van der Waals surface area contributed by atoms with Crippen LogP contribution in [0.1, 0.15) is 36.0 Å². The van der Waals surface area contributed by atoms with Gasteiger partial charge in [0.25, 0.3) is 5.91 Å². The Kier molecular flexibility index (Phi) is 4.15. The Bertz CT molecular complexity index is 603. The lowest BCUT2D eigenvalue weighted by atomic mass is 9.98. The maximum Gasteiger partial charge on any atom is 0.251 e. The first-order chi connectivity index (χ1) is 9.36. The van der Waals surface area contributed by atoms with Crippen LogP contribution in [0.25, 0.3) is 0 Å². The summed E-state index contributed by atoms with van der Waals surface area (Å²) in [5, 5.41) is 12.3. The van der Waals surface area contributed by atoms with Crippen molar-refractivity contribution in [2.45, 2.75) is 36.1 Å². The molecule has 1 aromatic carbocycles. The van der Waals surface area contributed by atoms with E-state index < -0.39 is 15.4 Å². The van der Waals surface area contributed by atoms with E-state index in [0.29, 0.717) is 5.56 Å². The van der Waals surface area contributed by atoms with E-state index in [1.165, 1.54) is 12.1 Å². The summed E-state index contributed by atoms with van der Waals surface area (Å²) in [7, 11) is -3.34. The van der Waals surface area contributed by atoms with Crippen molar-refractivity contribution in [3.8, 4) is 0 Å². The minimum absolute atomic E-state index is 0.0928. The number of carbonyl (C=O) groups is 1. The topological polar surface area (TPSA) is 83.5 Å². The van der Waals surface area contributed by atoms with Gasteiger partial charge in [0.1, 0.15) is 0 Å². The molecule has 0 aromatic heterocycles. The lowest BCUT2D eigenvalue weighted by Crippen LogP contribution is -2.49. The van der Waals surface area contributed by atoms with Crippen LogP contribution in [-0.2, 0) is 9.84 Å². The first-order valence-corrected chi connectivity index (χ1v) is 8.49. The summed E-state index contributed by atoms with van der Waals surface area (Å²) < 4.78 is 23.0. The third-order valence-corrected chi connectivity index (χ3v) is 4.88. The number of hydrogen-bond acceptors (Lipinski definition) is 4. The summed E-state index contributed by atoms with van der Waals surface area (Å²) in [6, 6.07) is 5.95. The second-order valence-electron chi connectivity index (χ2n) is 5.40. The largest absolute Gasteiger partial charge is 0.394 e. The molecule has 5 nitrogen and oxygen atoms in total. The quantitative estimate of drug-likeness (QED) is 0.872. The van der Waals surface area contributed by atoms with Crippen LogP contribution in [0.5, 0.6) is 0 Å². The number of carbonyl (C=O) groups excluding carboxylic acids is 1. The van der Waals surface area contributed by atoms with Gasteiger partial charge >= 0.3 is 0 Å². The molecule has 1 aliphatic rings. The zero-order chi connectivity index (χ0) is 14.8. The number of hydrogen-bond donors (Lipinski definition) is 2. The van der Waals surface area contributed by atoms with E-state index >= 15 is 0 Å². The summed E-state index contributed by atoms with van der Waals surface area (Å²) in [4.78, 5) is 12.3. The highest BCUT2D eigenvalue weighted by Crippen LogP contribution is 2.29. The van der Waals surface area contributed by atoms with Crippen molar-refractivity contribution in [3.63, 3.8) is 0 Å². The van der Waals surface area contributed by atoms with Crippen molar-refractivity contribution in [3.05, 3.63) is 29.8 Å². The van der Waals surface area contributed by atoms with Gasteiger partial charge in [-0.2, -0.15) is 0 Å². The van der Waals surface area contributed by atoms with Crippen molar-refractivity contribution >= 4 is 15.7 Å². The molecule has 0 unspecified atom stereocenters. The number of rotatable bonds is 4. The number of sulfone groups is 1. The van der Waals surface area contributed by atoms with Crippen LogP contribution in [0.2, 0.25) is 0 Å². The van der Waals surface area contributed by atoms with E-state index in [2.05, 4.69) is 5.32 Å². The monoisotopic (exact) mass is 297 g/mol. The molecule has 0 atom stereocenters. The Labute approximate surface area is 118 Å². The number of nitrogens with one attached hydrogen (secondary N) is 1. The van der Waals surface area contributed by atoms with E-state index in [9.17, 15) is 18.3 Å². The Hall–Kier alpha value is -1.40. The second-order valence-corrected chi connectivity index (χ2v) is 7.42. The molecule has 1 aromatic rings. The Morgan fingerprint density at radius 3 is 2.55 bits per heavy atom. The van der Waals surface area contributed by atoms with Crippen molar-refractivity contribution in [1.29, 1.82) is 0 Å². The SMILES string of the molecule is CS(=O)(=O)c1cccc(C(=O)NC2(CO)CCCC2)c1. The van der Waals surface area contributed by atoms with Gasteiger partial charge in [-0.05, 0) is 31.0 Å². The molecule has 1 fully saturated rings. The molecule has 20 heavy (non-hydrogen) atoms. The lowest BCUT2D eigenvalue weighted by molar-refractivity contribution is 0.0838. The summed E-state index contributed by atoms with van der Waals surface area (Å²) in [5.41, 5.74) is -0.259. The average Bonchev–Trinajstić information content (AvgIpc) is 2.87. The molecular weight excluding hydrogens is 278 g/mol. The van der Waals surface area contributed by atoms with E-state index in [-0.39, 0.29) is 17.4 Å². The summed E-state index contributed by atoms with van der Waals surface area (Å²) in [6.07, 6.45) is 4.56. The molecule has 110 valence electrons. The fourth-order valence-corrected chi connectivity index (χ4v) is 3.22. The highest BCUT2D eigenvalue weighted by molar-refractivity contribution is 7.90. The zero-order valence-corrected chi connectivity index (χ0v) is 12.2. The van der Waals surface area contributed by atoms with Gasteiger partial charge in [0.15, 0.2) is 9.84 Å². The van der Waals surface area contributed by atoms with Gasteiger partial charge in [-0.25, -0.2) is 8.42 Å². The van der Waals surface area contributed by atoms with Gasteiger partial charge in [-0.15, -0.1) is 0 Å². The van der Waals surface area contributed by atoms with Crippen LogP contribution >= 0.6 is 0 Å². The standard InChI is InChI=1S/C14H19NO4S/c1-20(18,19)12-6-4-5-11(9-12)13(17)15-14(10-16)7-2-3-8-14/h4-6,9,16H,2-3,7-8,10H2,1H3,(H,15,17). The minimum Gasteiger partial charge on any atom is -0.394 e. The normalized spacial score (nSPS) is 17.9. The molecule has 0 spiro atoms. The van der Waals surface area contributed by atoms with Crippen LogP contribution in [0, 0.1) is 0 Å². The molecule has 2 N–H and O–H groups in total. The Balaban J connectivity index is 2.21. The third-order valence-electron chi connectivity index (χ3n) is 3.77. The number of aliphatic hydroxyl groups is 1. The maximum absolute atomic E-state index is 12.2. The molecule has 0 saturated heterocycles. The Morgan fingerprint density at radius 2 is 2.00 bits per heavy atom. The van der Waals surface area contributed by atoms with Crippen molar-refractivity contribution in [2.75, 3.05) is 12.9 Å². The molecule has 6 heteroatoms. The highest BCUT2D eigenvalue weighted by Gasteiger charge is 2.34. The molecular formula is C14H19NO4S. The molecule has 2 rings (SSSR count). The van der Waals surface area contributed by atoms with Crippen LogP contribution < -0.4 is 5.32 Å². The lowest BCUT2D eigenvalue weighted by Gasteiger charge is -2.28. The highest BCUT2D eigenvalue weighted by atomic mass is 32.2.